The monoisotopic (exact) mass is 450 g/mol. The van der Waals surface area contributed by atoms with Gasteiger partial charge in [0.25, 0.3) is 20.0 Å². The number of benzene rings is 1. The molecule has 30 heavy (non-hydrogen) atoms. The van der Waals surface area contributed by atoms with Crippen LogP contribution in [0.2, 0.25) is 0 Å². The van der Waals surface area contributed by atoms with Crippen LogP contribution >= 0.6 is 0 Å². The van der Waals surface area contributed by atoms with Gasteiger partial charge < -0.3 is 0 Å². The van der Waals surface area contributed by atoms with Crippen LogP contribution in [0, 0.1) is 20.8 Å². The molecule has 0 bridgehead atoms. The predicted octanol–water partition coefficient (Wildman–Crippen LogP) is 2.22. The van der Waals surface area contributed by atoms with Crippen LogP contribution in [-0.2, 0) is 26.6 Å². The number of nitrogens with one attached hydrogen (secondary N) is 2. The van der Waals surface area contributed by atoms with Crippen LogP contribution < -0.4 is 9.44 Å². The van der Waals surface area contributed by atoms with Crippen molar-refractivity contribution in [2.24, 2.45) is 0 Å². The number of aryl methyl sites for hydroxylation is 3. The average Bonchev–Trinajstić information content (AvgIpc) is 3.02. The molecule has 0 amide bonds. The lowest BCUT2D eigenvalue weighted by atomic mass is 10.3. The normalized spacial score (nSPS) is 12.0. The minimum Gasteiger partial charge on any atom is -0.280 e. The van der Waals surface area contributed by atoms with E-state index in [1.165, 1.54) is 30.5 Å². The molecule has 3 rings (SSSR count). The van der Waals surface area contributed by atoms with Crippen molar-refractivity contribution in [3.8, 4) is 0 Å². The van der Waals surface area contributed by atoms with Crippen LogP contribution in [0.5, 0.6) is 0 Å². The fourth-order valence-electron chi connectivity index (χ4n) is 2.87. The summed E-state index contributed by atoms with van der Waals surface area (Å²) in [4.78, 5) is 8.13. The molecule has 160 valence electrons. The summed E-state index contributed by atoms with van der Waals surface area (Å²) in [6.07, 6.45) is 1.29. The highest BCUT2D eigenvalue weighted by Crippen LogP contribution is 2.21. The molecule has 0 aliphatic rings. The highest BCUT2D eigenvalue weighted by molar-refractivity contribution is 7.93. The van der Waals surface area contributed by atoms with Gasteiger partial charge in [0.05, 0.1) is 16.8 Å². The molecule has 12 heteroatoms. The van der Waals surface area contributed by atoms with Crippen LogP contribution in [0.15, 0.2) is 46.3 Å². The Kier molecular flexibility index (Phi) is 5.81. The van der Waals surface area contributed by atoms with Crippen molar-refractivity contribution in [2.45, 2.75) is 44.0 Å². The van der Waals surface area contributed by atoms with Gasteiger partial charge in [-0.1, -0.05) is 0 Å². The molecule has 0 unspecified atom stereocenters. The number of anilines is 2. The van der Waals surface area contributed by atoms with E-state index in [-0.39, 0.29) is 21.4 Å². The maximum Gasteiger partial charge on any atom is 0.265 e. The Morgan fingerprint density at radius 3 is 2.03 bits per heavy atom. The van der Waals surface area contributed by atoms with Crippen molar-refractivity contribution < 1.29 is 16.8 Å². The number of aromatic nitrogens is 4. The Hall–Kier alpha value is -2.99. The molecule has 2 N–H and O–H groups in total. The molecule has 3 aromatic rings. The quantitative estimate of drug-likeness (QED) is 0.563. The van der Waals surface area contributed by atoms with Gasteiger partial charge in [0.1, 0.15) is 4.90 Å². The van der Waals surface area contributed by atoms with Crippen LogP contribution in [-0.4, -0.2) is 36.6 Å². The molecule has 0 radical (unpaired) electrons. The Labute approximate surface area is 175 Å². The molecule has 0 atom stereocenters. The first-order valence-corrected chi connectivity index (χ1v) is 12.0. The number of hydrogen-bond donors (Lipinski definition) is 2. The molecule has 0 saturated heterocycles. The van der Waals surface area contributed by atoms with E-state index in [1.54, 1.807) is 31.5 Å². The van der Waals surface area contributed by atoms with E-state index >= 15 is 0 Å². The molecule has 2 heterocycles. The van der Waals surface area contributed by atoms with Crippen molar-refractivity contribution in [3.05, 3.63) is 53.6 Å². The molecule has 2 aromatic heterocycles. The van der Waals surface area contributed by atoms with E-state index in [0.717, 1.165) is 0 Å². The maximum absolute atomic E-state index is 12.6. The van der Waals surface area contributed by atoms with Crippen LogP contribution in [0.3, 0.4) is 0 Å². The molecule has 0 spiro atoms. The zero-order valence-corrected chi connectivity index (χ0v) is 18.5. The highest BCUT2D eigenvalue weighted by atomic mass is 32.2. The summed E-state index contributed by atoms with van der Waals surface area (Å²) in [5.41, 5.74) is 2.00. The Morgan fingerprint density at radius 1 is 0.900 bits per heavy atom. The summed E-state index contributed by atoms with van der Waals surface area (Å²) in [5, 5.41) is 4.04. The molecule has 10 nitrogen and oxygen atoms in total. The molecule has 1 aromatic carbocycles. The number of rotatable bonds is 7. The third-order valence-corrected chi connectivity index (χ3v) is 7.10. The molecule has 0 saturated carbocycles. The third kappa shape index (κ3) is 4.60. The summed E-state index contributed by atoms with van der Waals surface area (Å²) < 4.78 is 56.8. The van der Waals surface area contributed by atoms with Gasteiger partial charge in [-0.15, -0.1) is 0 Å². The van der Waals surface area contributed by atoms with E-state index in [9.17, 15) is 16.8 Å². The first-order valence-electron chi connectivity index (χ1n) is 9.02. The van der Waals surface area contributed by atoms with Crippen molar-refractivity contribution in [1.29, 1.82) is 0 Å². The summed E-state index contributed by atoms with van der Waals surface area (Å²) in [6, 6.07) is 7.06. The molecule has 0 aliphatic carbocycles. The second kappa shape index (κ2) is 8.03. The number of sulfonamides is 2. The van der Waals surface area contributed by atoms with Gasteiger partial charge in [0, 0.05) is 23.6 Å². The maximum atomic E-state index is 12.6. The number of nitrogens with zero attached hydrogens (tertiary/aromatic N) is 4. The van der Waals surface area contributed by atoms with Gasteiger partial charge >= 0.3 is 0 Å². The van der Waals surface area contributed by atoms with Crippen molar-refractivity contribution in [2.75, 3.05) is 9.44 Å². The van der Waals surface area contributed by atoms with Crippen LogP contribution in [0.25, 0.3) is 0 Å². The Morgan fingerprint density at radius 2 is 1.50 bits per heavy atom. The first-order chi connectivity index (χ1) is 14.0. The van der Waals surface area contributed by atoms with Crippen molar-refractivity contribution >= 4 is 31.7 Å². The summed E-state index contributed by atoms with van der Waals surface area (Å²) in [7, 11) is -7.79. The van der Waals surface area contributed by atoms with Gasteiger partial charge in [-0.25, -0.2) is 31.5 Å². The van der Waals surface area contributed by atoms with E-state index < -0.39 is 20.0 Å². The second-order valence-corrected chi connectivity index (χ2v) is 9.95. The molecule has 0 aliphatic heterocycles. The van der Waals surface area contributed by atoms with E-state index in [2.05, 4.69) is 24.5 Å². The zero-order valence-electron chi connectivity index (χ0n) is 16.9. The summed E-state index contributed by atoms with van der Waals surface area (Å²) in [5.74, 6) is -0.0271. The fourth-order valence-corrected chi connectivity index (χ4v) is 5.06. The third-order valence-electron chi connectivity index (χ3n) is 4.27. The van der Waals surface area contributed by atoms with E-state index in [1.807, 2.05) is 6.92 Å². The van der Waals surface area contributed by atoms with Crippen molar-refractivity contribution in [3.63, 3.8) is 0 Å². The van der Waals surface area contributed by atoms with E-state index in [4.69, 9.17) is 0 Å². The minimum atomic E-state index is -3.93. The lowest BCUT2D eigenvalue weighted by molar-refractivity contribution is 0.598. The minimum absolute atomic E-state index is 0.0271. The lowest BCUT2D eigenvalue weighted by Gasteiger charge is -2.10. The van der Waals surface area contributed by atoms with Crippen LogP contribution in [0.4, 0.5) is 11.6 Å². The topological polar surface area (TPSA) is 136 Å². The smallest absolute Gasteiger partial charge is 0.265 e. The van der Waals surface area contributed by atoms with Gasteiger partial charge in [-0.2, -0.15) is 5.10 Å². The lowest BCUT2D eigenvalue weighted by Crippen LogP contribution is -2.16. The van der Waals surface area contributed by atoms with Gasteiger partial charge in [0.15, 0.2) is 0 Å². The van der Waals surface area contributed by atoms with Crippen molar-refractivity contribution in [1.82, 2.24) is 19.7 Å². The Bertz CT molecular complexity index is 1260. The molecular formula is C18H22N6O4S2. The standard InChI is InChI=1S/C18H22N6O4S2/c1-5-24-14(4)17(11-19-24)30(27,28)22-15-6-8-16(9-7-15)29(25,26)23-18-20-12(2)10-13(3)21-18/h6-11,22H,5H2,1-4H3,(H,20,21,23). The summed E-state index contributed by atoms with van der Waals surface area (Å²) >= 11 is 0. The molecule has 0 fully saturated rings. The Balaban J connectivity index is 1.80. The fraction of sp³-hybridized carbons (Fsp3) is 0.278. The van der Waals surface area contributed by atoms with E-state index in [0.29, 0.717) is 23.6 Å². The SMILES string of the molecule is CCn1ncc(S(=O)(=O)Nc2ccc(S(=O)(=O)Nc3nc(C)cc(C)n3)cc2)c1C. The number of hydrogen-bond acceptors (Lipinski definition) is 7. The molecular weight excluding hydrogens is 428 g/mol. The largest absolute Gasteiger partial charge is 0.280 e. The van der Waals surface area contributed by atoms with Gasteiger partial charge in [-0.05, 0) is 58.0 Å². The second-order valence-electron chi connectivity index (χ2n) is 6.62. The predicted molar refractivity (Wildman–Crippen MR) is 112 cm³/mol. The summed E-state index contributed by atoms with van der Waals surface area (Å²) in [6.45, 7) is 7.55. The average molecular weight is 451 g/mol. The highest BCUT2D eigenvalue weighted by Gasteiger charge is 2.21. The van der Waals surface area contributed by atoms with Crippen LogP contribution in [0.1, 0.15) is 24.0 Å². The zero-order chi connectivity index (χ0) is 22.1. The van der Waals surface area contributed by atoms with Gasteiger partial charge in [-0.3, -0.25) is 9.40 Å². The first kappa shape index (κ1) is 21.7. The van der Waals surface area contributed by atoms with Gasteiger partial charge in [0.2, 0.25) is 5.95 Å².